The molecule has 7 heteroatoms. The first-order valence-electron chi connectivity index (χ1n) is 5.61. The van der Waals surface area contributed by atoms with E-state index in [1.165, 1.54) is 6.26 Å². The molecule has 0 bridgehead atoms. The van der Waals surface area contributed by atoms with Gasteiger partial charge in [0.05, 0.1) is 10.4 Å². The lowest BCUT2D eigenvalue weighted by molar-refractivity contribution is 0.481. The molecular formula is C11H20ClN3O2S. The van der Waals surface area contributed by atoms with Gasteiger partial charge in [-0.15, -0.1) is 0 Å². The molecule has 0 fully saturated rings. The molecule has 0 aliphatic heterocycles. The van der Waals surface area contributed by atoms with E-state index in [2.05, 4.69) is 5.10 Å². The topological polar surface area (TPSA) is 78.0 Å². The van der Waals surface area contributed by atoms with Crippen LogP contribution in [0.5, 0.6) is 0 Å². The van der Waals surface area contributed by atoms with Crippen LogP contribution in [0, 0.1) is 6.92 Å². The van der Waals surface area contributed by atoms with Crippen LogP contribution in [-0.4, -0.2) is 35.2 Å². The van der Waals surface area contributed by atoms with Crippen molar-refractivity contribution < 1.29 is 8.42 Å². The first kappa shape index (κ1) is 15.5. The Morgan fingerprint density at radius 1 is 1.50 bits per heavy atom. The number of nitrogens with two attached hydrogens (primary N) is 1. The molecule has 1 aromatic rings. The van der Waals surface area contributed by atoms with E-state index in [9.17, 15) is 8.42 Å². The van der Waals surface area contributed by atoms with E-state index in [-0.39, 0.29) is 0 Å². The summed E-state index contributed by atoms with van der Waals surface area (Å²) in [5.74, 6) is 0. The van der Waals surface area contributed by atoms with Crippen molar-refractivity contribution in [2.45, 2.75) is 38.0 Å². The lowest BCUT2D eigenvalue weighted by Gasteiger charge is -2.29. The average Bonchev–Trinajstić information content (AvgIpc) is 2.43. The molecule has 1 unspecified atom stereocenters. The third-order valence-corrected chi connectivity index (χ3v) is 6.23. The van der Waals surface area contributed by atoms with Gasteiger partial charge >= 0.3 is 0 Å². The van der Waals surface area contributed by atoms with E-state index in [4.69, 9.17) is 17.3 Å². The maximum Gasteiger partial charge on any atom is 0.154 e. The molecule has 1 heterocycles. The van der Waals surface area contributed by atoms with Crippen molar-refractivity contribution in [1.82, 2.24) is 9.78 Å². The molecule has 0 saturated carbocycles. The first-order valence-corrected chi connectivity index (χ1v) is 7.88. The minimum absolute atomic E-state index is 0.387. The van der Waals surface area contributed by atoms with Crippen LogP contribution in [0.2, 0.25) is 5.15 Å². The summed E-state index contributed by atoms with van der Waals surface area (Å²) in [6.45, 7) is 5.10. The SMILES string of the molecule is Cc1nn(C)c(Cl)c1CC(N)C(C)(C)S(C)(=O)=O. The summed E-state index contributed by atoms with van der Waals surface area (Å²) in [5.41, 5.74) is 7.63. The van der Waals surface area contributed by atoms with Crippen molar-refractivity contribution in [1.29, 1.82) is 0 Å². The predicted molar refractivity (Wildman–Crippen MR) is 73.6 cm³/mol. The third kappa shape index (κ3) is 2.70. The van der Waals surface area contributed by atoms with Crippen LogP contribution >= 0.6 is 11.6 Å². The summed E-state index contributed by atoms with van der Waals surface area (Å²) in [6.07, 6.45) is 1.59. The molecule has 1 rings (SSSR count). The fraction of sp³-hybridized carbons (Fsp3) is 0.727. The van der Waals surface area contributed by atoms with E-state index < -0.39 is 20.6 Å². The molecule has 0 aliphatic rings. The van der Waals surface area contributed by atoms with Crippen LogP contribution in [0.1, 0.15) is 25.1 Å². The minimum atomic E-state index is -3.24. The van der Waals surface area contributed by atoms with Crippen molar-refractivity contribution in [2.75, 3.05) is 6.26 Å². The minimum Gasteiger partial charge on any atom is -0.326 e. The van der Waals surface area contributed by atoms with Gasteiger partial charge in [-0.25, -0.2) is 8.42 Å². The second-order valence-corrected chi connectivity index (χ2v) is 8.12. The Morgan fingerprint density at radius 2 is 2.00 bits per heavy atom. The van der Waals surface area contributed by atoms with E-state index >= 15 is 0 Å². The molecule has 0 aliphatic carbocycles. The lowest BCUT2D eigenvalue weighted by Crippen LogP contribution is -2.50. The zero-order valence-corrected chi connectivity index (χ0v) is 12.9. The van der Waals surface area contributed by atoms with Gasteiger partial charge in [0.15, 0.2) is 9.84 Å². The summed E-state index contributed by atoms with van der Waals surface area (Å²) in [4.78, 5) is 0. The van der Waals surface area contributed by atoms with Gasteiger partial charge in [-0.3, -0.25) is 4.68 Å². The molecule has 1 atom stereocenters. The fourth-order valence-electron chi connectivity index (χ4n) is 1.65. The molecule has 104 valence electrons. The molecule has 0 radical (unpaired) electrons. The van der Waals surface area contributed by atoms with Crippen molar-refractivity contribution >= 4 is 21.4 Å². The number of hydrogen-bond acceptors (Lipinski definition) is 4. The van der Waals surface area contributed by atoms with Crippen LogP contribution in [0.3, 0.4) is 0 Å². The van der Waals surface area contributed by atoms with Gasteiger partial charge in [0.1, 0.15) is 5.15 Å². The summed E-state index contributed by atoms with van der Waals surface area (Å²) < 4.78 is 24.0. The van der Waals surface area contributed by atoms with E-state index in [1.54, 1.807) is 25.6 Å². The zero-order valence-electron chi connectivity index (χ0n) is 11.4. The van der Waals surface area contributed by atoms with Crippen LogP contribution < -0.4 is 5.73 Å². The van der Waals surface area contributed by atoms with Crippen LogP contribution in [0.15, 0.2) is 0 Å². The van der Waals surface area contributed by atoms with Crippen molar-refractivity contribution in [3.63, 3.8) is 0 Å². The van der Waals surface area contributed by atoms with Crippen molar-refractivity contribution in [3.05, 3.63) is 16.4 Å². The van der Waals surface area contributed by atoms with Gasteiger partial charge in [-0.1, -0.05) is 11.6 Å². The van der Waals surface area contributed by atoms with E-state index in [1.807, 2.05) is 6.92 Å². The van der Waals surface area contributed by atoms with Crippen molar-refractivity contribution in [3.8, 4) is 0 Å². The Kier molecular flexibility index (Phi) is 4.15. The van der Waals surface area contributed by atoms with E-state index in [0.29, 0.717) is 11.6 Å². The molecule has 0 saturated heterocycles. The number of rotatable bonds is 4. The molecule has 2 N–H and O–H groups in total. The van der Waals surface area contributed by atoms with Gasteiger partial charge in [0.25, 0.3) is 0 Å². The molecule has 0 aromatic carbocycles. The Hall–Kier alpha value is -0.590. The van der Waals surface area contributed by atoms with Gasteiger partial charge in [-0.2, -0.15) is 5.10 Å². The first-order chi connectivity index (χ1) is 7.98. The molecule has 1 aromatic heterocycles. The Labute approximate surface area is 113 Å². The maximum atomic E-state index is 11.7. The quantitative estimate of drug-likeness (QED) is 0.901. The van der Waals surface area contributed by atoms with Gasteiger partial charge in [0.2, 0.25) is 0 Å². The second-order valence-electron chi connectivity index (χ2n) is 5.16. The largest absolute Gasteiger partial charge is 0.326 e. The molecule has 0 amide bonds. The number of sulfone groups is 1. The number of aromatic nitrogens is 2. The highest BCUT2D eigenvalue weighted by molar-refractivity contribution is 7.92. The Morgan fingerprint density at radius 3 is 2.33 bits per heavy atom. The lowest BCUT2D eigenvalue weighted by atomic mass is 9.97. The zero-order chi connectivity index (χ0) is 14.3. The number of aryl methyl sites for hydroxylation is 2. The van der Waals surface area contributed by atoms with Gasteiger partial charge < -0.3 is 5.73 Å². The maximum absolute atomic E-state index is 11.7. The molecule has 5 nitrogen and oxygen atoms in total. The fourth-order valence-corrected chi connectivity index (χ4v) is 2.53. The summed E-state index contributed by atoms with van der Waals surface area (Å²) >= 11 is 6.12. The smallest absolute Gasteiger partial charge is 0.154 e. The summed E-state index contributed by atoms with van der Waals surface area (Å²) in [6, 6.07) is -0.534. The highest BCUT2D eigenvalue weighted by Crippen LogP contribution is 2.26. The molecule has 0 spiro atoms. The average molecular weight is 294 g/mol. The Balaban J connectivity index is 3.06. The number of nitrogens with zero attached hydrogens (tertiary/aromatic N) is 2. The summed E-state index contributed by atoms with van der Waals surface area (Å²) in [7, 11) is -1.49. The van der Waals surface area contributed by atoms with Crippen LogP contribution in [0.25, 0.3) is 0 Å². The predicted octanol–water partition coefficient (Wildman–Crippen LogP) is 1.07. The monoisotopic (exact) mass is 293 g/mol. The standard InChI is InChI=1S/C11H20ClN3O2S/c1-7-8(10(12)15(4)14-7)6-9(13)11(2,3)18(5,16)17/h9H,6,13H2,1-5H3. The highest BCUT2D eigenvalue weighted by Gasteiger charge is 2.37. The third-order valence-electron chi connectivity index (χ3n) is 3.54. The molecule has 18 heavy (non-hydrogen) atoms. The second kappa shape index (κ2) is 4.83. The van der Waals surface area contributed by atoms with Crippen LogP contribution in [-0.2, 0) is 23.3 Å². The van der Waals surface area contributed by atoms with Gasteiger partial charge in [0, 0.05) is 24.9 Å². The Bertz CT molecular complexity index is 549. The van der Waals surface area contributed by atoms with E-state index in [0.717, 1.165) is 11.3 Å². The van der Waals surface area contributed by atoms with Gasteiger partial charge in [-0.05, 0) is 27.2 Å². The normalized spacial score (nSPS) is 14.8. The summed E-state index contributed by atoms with van der Waals surface area (Å²) in [5, 5.41) is 4.69. The molecular weight excluding hydrogens is 274 g/mol. The number of hydrogen-bond donors (Lipinski definition) is 1. The highest BCUT2D eigenvalue weighted by atomic mass is 35.5. The number of halogens is 1. The van der Waals surface area contributed by atoms with Crippen molar-refractivity contribution in [2.24, 2.45) is 12.8 Å². The van der Waals surface area contributed by atoms with Crippen LogP contribution in [0.4, 0.5) is 0 Å².